The summed E-state index contributed by atoms with van der Waals surface area (Å²) in [6, 6.07) is 10.5. The molecular weight excluding hydrogens is 659 g/mol. The molecule has 264 valence electrons. The number of sulfonamides is 1. The number of carbonyl (C=O) groups excluding carboxylic acids is 2. The monoisotopic (exact) mass is 706 g/mol. The molecule has 3 saturated heterocycles. The molecule has 2 amide bonds. The Hall–Kier alpha value is -2.77. The van der Waals surface area contributed by atoms with Gasteiger partial charge in [0.1, 0.15) is 11.9 Å². The second-order valence-corrected chi connectivity index (χ2v) is 16.2. The molecule has 2 bridgehead atoms. The summed E-state index contributed by atoms with van der Waals surface area (Å²) in [7, 11) is -0.168. The van der Waals surface area contributed by atoms with Crippen molar-refractivity contribution >= 4 is 39.3 Å². The fourth-order valence-corrected chi connectivity index (χ4v) is 9.52. The number of carbonyl (C=O) groups is 2. The first-order valence-electron chi connectivity index (χ1n) is 16.9. The van der Waals surface area contributed by atoms with Crippen molar-refractivity contribution in [3.05, 3.63) is 64.4 Å². The molecule has 3 fully saturated rings. The van der Waals surface area contributed by atoms with Crippen molar-refractivity contribution in [2.75, 3.05) is 44.9 Å². The minimum atomic E-state index is -3.42. The zero-order valence-electron chi connectivity index (χ0n) is 28.2. The highest BCUT2D eigenvalue weighted by atomic mass is 35.5. The van der Waals surface area contributed by atoms with Gasteiger partial charge in [-0.25, -0.2) is 17.6 Å². The summed E-state index contributed by atoms with van der Waals surface area (Å²) in [5.41, 5.74) is 1.39. The van der Waals surface area contributed by atoms with Gasteiger partial charge in [0.05, 0.1) is 19.0 Å². The van der Waals surface area contributed by atoms with E-state index in [-0.39, 0.29) is 53.4 Å². The van der Waals surface area contributed by atoms with Crippen LogP contribution in [0.2, 0.25) is 5.02 Å². The number of alkyl carbamates (subject to hydrolysis) is 1. The standard InChI is InChI=1S/C35H48ClFN4O6S/c1-22(2)31-19-24(16-17-47-31)32(23-10-12-25(36)13-11-23)33(39-35(43)46-4)34(42)38-30-9-5-8-29(37)28(30)15-14-27-20-40(3)26-7-6-18-48(44,45)41(27)21-26/h5,8-13,22,24,26-27,31-33H,6-7,14-21H2,1-4H3,(H,38,42)(H,39,43). The number of ether oxygens (including phenoxy) is 2. The first-order valence-corrected chi connectivity index (χ1v) is 18.9. The Labute approximate surface area is 288 Å². The van der Waals surface area contributed by atoms with Gasteiger partial charge in [-0.2, -0.15) is 4.31 Å². The summed E-state index contributed by atoms with van der Waals surface area (Å²) in [6.45, 7) is 5.69. The molecule has 3 heterocycles. The molecule has 0 aliphatic carbocycles. The van der Waals surface area contributed by atoms with E-state index < -0.39 is 39.8 Å². The van der Waals surface area contributed by atoms with Crippen LogP contribution in [0.4, 0.5) is 14.9 Å². The van der Waals surface area contributed by atoms with E-state index >= 15 is 4.39 Å². The lowest BCUT2D eigenvalue weighted by Gasteiger charge is -2.42. The van der Waals surface area contributed by atoms with Crippen LogP contribution in [0.25, 0.3) is 0 Å². The third-order valence-corrected chi connectivity index (χ3v) is 12.5. The van der Waals surface area contributed by atoms with Crippen molar-refractivity contribution in [3.63, 3.8) is 0 Å². The van der Waals surface area contributed by atoms with Gasteiger partial charge in [0.15, 0.2) is 0 Å². The Kier molecular flexibility index (Phi) is 12.1. The molecule has 2 N–H and O–H groups in total. The minimum Gasteiger partial charge on any atom is -0.453 e. The summed E-state index contributed by atoms with van der Waals surface area (Å²) >= 11 is 6.24. The molecule has 13 heteroatoms. The third kappa shape index (κ3) is 8.50. The topological polar surface area (TPSA) is 117 Å². The first-order chi connectivity index (χ1) is 22.9. The number of anilines is 1. The lowest BCUT2D eigenvalue weighted by Crippen LogP contribution is -2.57. The average Bonchev–Trinajstić information content (AvgIpc) is 3.19. The SMILES string of the molecule is COC(=O)NC(C(=O)Nc1cccc(F)c1CCC1CN(C)C2CCCS(=O)(=O)N1C2)C(c1ccc(Cl)cc1)C1CCOC(C(C)C)C1. The number of halogens is 2. The Morgan fingerprint density at radius 1 is 1.12 bits per heavy atom. The zero-order valence-corrected chi connectivity index (χ0v) is 29.7. The van der Waals surface area contributed by atoms with Crippen molar-refractivity contribution in [3.8, 4) is 0 Å². The van der Waals surface area contributed by atoms with Crippen molar-refractivity contribution in [1.29, 1.82) is 0 Å². The van der Waals surface area contributed by atoms with Gasteiger partial charge >= 0.3 is 6.09 Å². The number of piperazine rings is 1. The van der Waals surface area contributed by atoms with Gasteiger partial charge in [0, 0.05) is 54.0 Å². The number of nitrogens with one attached hydrogen (secondary N) is 2. The molecule has 7 atom stereocenters. The Morgan fingerprint density at radius 2 is 1.88 bits per heavy atom. The summed E-state index contributed by atoms with van der Waals surface area (Å²) in [5, 5.41) is 6.26. The lowest BCUT2D eigenvalue weighted by molar-refractivity contribution is -0.119. The van der Waals surface area contributed by atoms with Crippen molar-refractivity contribution in [2.45, 2.75) is 82.5 Å². The van der Waals surface area contributed by atoms with Crippen molar-refractivity contribution in [2.24, 2.45) is 11.8 Å². The van der Waals surface area contributed by atoms with Gasteiger partial charge in [-0.05, 0) is 87.2 Å². The molecule has 2 aromatic carbocycles. The molecule has 10 nitrogen and oxygen atoms in total. The van der Waals surface area contributed by atoms with Gasteiger partial charge in [-0.3, -0.25) is 4.79 Å². The number of rotatable bonds is 10. The maximum Gasteiger partial charge on any atom is 0.407 e. The van der Waals surface area contributed by atoms with Crippen LogP contribution in [0.15, 0.2) is 42.5 Å². The lowest BCUT2D eigenvalue weighted by atomic mass is 9.74. The van der Waals surface area contributed by atoms with Crippen LogP contribution in [0.3, 0.4) is 0 Å². The van der Waals surface area contributed by atoms with E-state index in [4.69, 9.17) is 21.1 Å². The highest BCUT2D eigenvalue weighted by Crippen LogP contribution is 2.39. The highest BCUT2D eigenvalue weighted by Gasteiger charge is 2.42. The van der Waals surface area contributed by atoms with E-state index in [0.29, 0.717) is 50.4 Å². The van der Waals surface area contributed by atoms with E-state index in [1.807, 2.05) is 19.2 Å². The van der Waals surface area contributed by atoms with Crippen LogP contribution < -0.4 is 10.6 Å². The molecule has 3 aliphatic heterocycles. The summed E-state index contributed by atoms with van der Waals surface area (Å²) in [5.74, 6) is -1.14. The third-order valence-electron chi connectivity index (χ3n) is 10.3. The molecule has 5 rings (SSSR count). The average molecular weight is 707 g/mol. The summed E-state index contributed by atoms with van der Waals surface area (Å²) in [6.07, 6.45) is 2.61. The summed E-state index contributed by atoms with van der Waals surface area (Å²) in [4.78, 5) is 29.3. The van der Waals surface area contributed by atoms with Crippen LogP contribution in [-0.2, 0) is 30.7 Å². The van der Waals surface area contributed by atoms with Gasteiger partial charge in [0.25, 0.3) is 0 Å². The number of hydrogen-bond acceptors (Lipinski definition) is 7. The smallest absolute Gasteiger partial charge is 0.407 e. The summed E-state index contributed by atoms with van der Waals surface area (Å²) < 4.78 is 54.4. The van der Waals surface area contributed by atoms with Crippen molar-refractivity contribution < 1.29 is 31.9 Å². The molecule has 0 saturated carbocycles. The van der Waals surface area contributed by atoms with Crippen LogP contribution >= 0.6 is 11.6 Å². The second-order valence-electron chi connectivity index (χ2n) is 13.7. The quantitative estimate of drug-likeness (QED) is 0.339. The number of amides is 2. The van der Waals surface area contributed by atoms with E-state index in [1.54, 1.807) is 22.5 Å². The van der Waals surface area contributed by atoms with Crippen LogP contribution in [-0.4, -0.2) is 93.5 Å². The first kappa shape index (κ1) is 36.5. The Morgan fingerprint density at radius 3 is 2.58 bits per heavy atom. The maximum atomic E-state index is 15.5. The molecule has 7 unspecified atom stereocenters. The van der Waals surface area contributed by atoms with E-state index in [1.165, 1.54) is 19.2 Å². The van der Waals surface area contributed by atoms with Gasteiger partial charge in [0.2, 0.25) is 15.9 Å². The Balaban J connectivity index is 1.43. The molecule has 0 aromatic heterocycles. The number of fused-ring (bicyclic) bond motifs is 2. The number of benzene rings is 2. The zero-order chi connectivity index (χ0) is 34.6. The van der Waals surface area contributed by atoms with Gasteiger partial charge in [-0.1, -0.05) is 43.6 Å². The largest absolute Gasteiger partial charge is 0.453 e. The van der Waals surface area contributed by atoms with Gasteiger partial charge in [-0.15, -0.1) is 0 Å². The van der Waals surface area contributed by atoms with E-state index in [2.05, 4.69) is 29.4 Å². The van der Waals surface area contributed by atoms with Crippen LogP contribution in [0, 0.1) is 17.7 Å². The fourth-order valence-electron chi connectivity index (χ4n) is 7.60. The maximum absolute atomic E-state index is 15.5. The molecule has 0 spiro atoms. The van der Waals surface area contributed by atoms with Crippen LogP contribution in [0.1, 0.15) is 63.0 Å². The molecule has 0 radical (unpaired) electrons. The number of hydrogen-bond donors (Lipinski definition) is 2. The predicted octanol–water partition coefficient (Wildman–Crippen LogP) is 5.42. The molecule has 48 heavy (non-hydrogen) atoms. The molecular formula is C35H48ClFN4O6S. The predicted molar refractivity (Wildman–Crippen MR) is 184 cm³/mol. The molecule has 2 aromatic rings. The number of nitrogens with zero attached hydrogens (tertiary/aromatic N) is 2. The van der Waals surface area contributed by atoms with Crippen molar-refractivity contribution in [1.82, 2.24) is 14.5 Å². The number of likely N-dealkylation sites (N-methyl/N-ethyl adjacent to an activating group) is 1. The number of methoxy groups -OCH3 is 1. The fraction of sp³-hybridized carbons (Fsp3) is 0.600. The van der Waals surface area contributed by atoms with E-state index in [0.717, 1.165) is 12.0 Å². The molecule has 3 aliphatic rings. The second kappa shape index (κ2) is 15.8. The normalized spacial score (nSPS) is 27.0. The van der Waals surface area contributed by atoms with Gasteiger partial charge < -0.3 is 25.0 Å². The Bertz CT molecular complexity index is 1540. The van der Waals surface area contributed by atoms with Crippen LogP contribution in [0.5, 0.6) is 0 Å². The minimum absolute atomic E-state index is 0.0164. The highest BCUT2D eigenvalue weighted by molar-refractivity contribution is 7.89. The van der Waals surface area contributed by atoms with E-state index in [9.17, 15) is 18.0 Å².